The smallest absolute Gasteiger partial charge is 0.258 e. The van der Waals surface area contributed by atoms with Gasteiger partial charge in [-0.2, -0.15) is 0 Å². The monoisotopic (exact) mass is 402 g/mol. The molecule has 1 aromatic heterocycles. The number of anilines is 2. The highest BCUT2D eigenvalue weighted by molar-refractivity contribution is 6.04. The van der Waals surface area contributed by atoms with Crippen molar-refractivity contribution in [2.24, 2.45) is 5.92 Å². The van der Waals surface area contributed by atoms with Gasteiger partial charge in [-0.1, -0.05) is 0 Å². The first-order valence-electron chi connectivity index (χ1n) is 8.56. The fraction of sp³-hybridized carbons (Fsp3) is 0.158. The van der Waals surface area contributed by atoms with Gasteiger partial charge in [0.1, 0.15) is 0 Å². The molecule has 0 aliphatic carbocycles. The van der Waals surface area contributed by atoms with Gasteiger partial charge in [0.05, 0.1) is 23.1 Å². The number of hydrogen-bond acceptors (Lipinski definition) is 4. The summed E-state index contributed by atoms with van der Waals surface area (Å²) < 4.78 is 40.1. The Kier molecular flexibility index (Phi) is 4.53. The van der Waals surface area contributed by atoms with E-state index in [1.807, 2.05) is 0 Å². The van der Waals surface area contributed by atoms with E-state index in [0.717, 1.165) is 4.90 Å². The number of carbonyl (C=O) groups is 2. The van der Waals surface area contributed by atoms with Crippen molar-refractivity contribution in [3.63, 3.8) is 0 Å². The second kappa shape index (κ2) is 7.04. The van der Waals surface area contributed by atoms with Crippen LogP contribution in [0.4, 0.5) is 24.5 Å². The zero-order valence-electron chi connectivity index (χ0n) is 14.7. The molecule has 0 spiro atoms. The van der Waals surface area contributed by atoms with Gasteiger partial charge >= 0.3 is 0 Å². The molecule has 7 nitrogen and oxygen atoms in total. The third kappa shape index (κ3) is 3.44. The molecule has 29 heavy (non-hydrogen) atoms. The highest BCUT2D eigenvalue weighted by Gasteiger charge is 2.36. The number of fused-ring (bicyclic) bond motifs is 1. The second-order valence-corrected chi connectivity index (χ2v) is 6.58. The van der Waals surface area contributed by atoms with Crippen LogP contribution < -0.4 is 15.8 Å². The quantitative estimate of drug-likeness (QED) is 0.658. The van der Waals surface area contributed by atoms with Gasteiger partial charge in [0.15, 0.2) is 17.5 Å². The lowest BCUT2D eigenvalue weighted by molar-refractivity contribution is -0.122. The largest absolute Gasteiger partial charge is 0.326 e. The van der Waals surface area contributed by atoms with Crippen LogP contribution in [-0.2, 0) is 9.59 Å². The lowest BCUT2D eigenvalue weighted by Gasteiger charge is -2.17. The number of nitrogens with zero attached hydrogens (tertiary/aromatic N) is 2. The molecule has 1 fully saturated rings. The molecule has 0 saturated carbocycles. The van der Waals surface area contributed by atoms with Crippen molar-refractivity contribution in [2.75, 3.05) is 16.8 Å². The Morgan fingerprint density at radius 3 is 2.59 bits per heavy atom. The van der Waals surface area contributed by atoms with Crippen LogP contribution >= 0.6 is 0 Å². The van der Waals surface area contributed by atoms with Gasteiger partial charge in [0.2, 0.25) is 11.8 Å². The summed E-state index contributed by atoms with van der Waals surface area (Å²) in [5, 5.41) is 2.91. The van der Waals surface area contributed by atoms with Crippen molar-refractivity contribution in [3.05, 3.63) is 64.5 Å². The van der Waals surface area contributed by atoms with Crippen LogP contribution in [0, 0.1) is 23.4 Å². The Morgan fingerprint density at radius 2 is 1.86 bits per heavy atom. The van der Waals surface area contributed by atoms with E-state index >= 15 is 0 Å². The van der Waals surface area contributed by atoms with E-state index in [2.05, 4.69) is 15.3 Å². The third-order valence-corrected chi connectivity index (χ3v) is 4.68. The third-order valence-electron chi connectivity index (χ3n) is 4.68. The zero-order valence-corrected chi connectivity index (χ0v) is 14.7. The normalized spacial score (nSPS) is 16.4. The molecule has 2 amide bonds. The van der Waals surface area contributed by atoms with Crippen LogP contribution in [-0.4, -0.2) is 28.3 Å². The van der Waals surface area contributed by atoms with Crippen molar-refractivity contribution >= 4 is 34.1 Å². The maximum absolute atomic E-state index is 13.5. The molecule has 148 valence electrons. The first-order chi connectivity index (χ1) is 13.8. The summed E-state index contributed by atoms with van der Waals surface area (Å²) in [5.41, 5.74) is 0.263. The van der Waals surface area contributed by atoms with Gasteiger partial charge in [-0.15, -0.1) is 0 Å². The highest BCUT2D eigenvalue weighted by Crippen LogP contribution is 2.28. The number of halogens is 3. The van der Waals surface area contributed by atoms with Gasteiger partial charge in [0.25, 0.3) is 5.56 Å². The minimum Gasteiger partial charge on any atom is -0.326 e. The van der Waals surface area contributed by atoms with E-state index in [0.29, 0.717) is 23.3 Å². The molecule has 2 N–H and O–H groups in total. The molecular weight excluding hydrogens is 389 g/mol. The van der Waals surface area contributed by atoms with Crippen LogP contribution in [0.2, 0.25) is 0 Å². The van der Waals surface area contributed by atoms with Gasteiger partial charge in [-0.05, 0) is 18.2 Å². The predicted octanol–water partition coefficient (Wildman–Crippen LogP) is 2.33. The molecular formula is C19H13F3N4O3. The Balaban J connectivity index is 1.53. The summed E-state index contributed by atoms with van der Waals surface area (Å²) >= 11 is 0. The van der Waals surface area contributed by atoms with Crippen molar-refractivity contribution in [1.29, 1.82) is 0 Å². The number of H-pyrrole nitrogens is 1. The molecule has 10 heteroatoms. The van der Waals surface area contributed by atoms with Crippen molar-refractivity contribution in [2.45, 2.75) is 6.42 Å². The Hall–Kier alpha value is -3.69. The van der Waals surface area contributed by atoms with Gasteiger partial charge < -0.3 is 15.2 Å². The van der Waals surface area contributed by atoms with E-state index in [1.54, 1.807) is 12.1 Å². The summed E-state index contributed by atoms with van der Waals surface area (Å²) in [6.45, 7) is -0.120. The second-order valence-electron chi connectivity index (χ2n) is 6.58. The molecule has 2 aromatic carbocycles. The number of rotatable bonds is 3. The van der Waals surface area contributed by atoms with E-state index in [1.165, 1.54) is 12.4 Å². The van der Waals surface area contributed by atoms with Crippen LogP contribution in [0.3, 0.4) is 0 Å². The maximum atomic E-state index is 13.5. The van der Waals surface area contributed by atoms with E-state index < -0.39 is 35.2 Å². The number of carbonyl (C=O) groups excluding carboxylic acids is 2. The topological polar surface area (TPSA) is 95.2 Å². The summed E-state index contributed by atoms with van der Waals surface area (Å²) in [6.07, 6.45) is 1.09. The number of aromatic amines is 1. The first kappa shape index (κ1) is 18.7. The summed E-state index contributed by atoms with van der Waals surface area (Å²) in [7, 11) is 0. The first-order valence-corrected chi connectivity index (χ1v) is 8.56. The fourth-order valence-electron chi connectivity index (χ4n) is 3.22. The predicted molar refractivity (Wildman–Crippen MR) is 97.8 cm³/mol. The summed E-state index contributed by atoms with van der Waals surface area (Å²) in [4.78, 5) is 44.1. The van der Waals surface area contributed by atoms with Gasteiger partial charge in [0, 0.05) is 36.5 Å². The molecule has 1 aliphatic heterocycles. The standard InChI is InChI=1S/C19H13F3N4O3/c20-13-5-11(6-14(21)17(13)22)26-7-9(3-16(26)27)18(28)25-10-1-2-15-12(4-10)19(29)24-8-23-15/h1-2,4-6,8-9H,3,7H2,(H,25,28)(H,23,24,29)/t9-/m1/s1. The Labute approximate surface area is 161 Å². The number of benzene rings is 2. The average molecular weight is 402 g/mol. The number of nitrogens with one attached hydrogen (secondary N) is 2. The number of amides is 2. The van der Waals surface area contributed by atoms with Crippen LogP contribution in [0.15, 0.2) is 41.5 Å². The molecule has 1 atom stereocenters. The Morgan fingerprint density at radius 1 is 1.14 bits per heavy atom. The molecule has 1 saturated heterocycles. The highest BCUT2D eigenvalue weighted by atomic mass is 19.2. The maximum Gasteiger partial charge on any atom is 0.258 e. The van der Waals surface area contributed by atoms with E-state index in [4.69, 9.17) is 0 Å². The Bertz CT molecular complexity index is 1190. The van der Waals surface area contributed by atoms with Crippen LogP contribution in [0.5, 0.6) is 0 Å². The van der Waals surface area contributed by atoms with Crippen molar-refractivity contribution in [1.82, 2.24) is 9.97 Å². The molecule has 1 aliphatic rings. The lowest BCUT2D eigenvalue weighted by atomic mass is 10.1. The zero-order chi connectivity index (χ0) is 20.7. The lowest BCUT2D eigenvalue weighted by Crippen LogP contribution is -2.28. The van der Waals surface area contributed by atoms with E-state index in [-0.39, 0.29) is 29.6 Å². The van der Waals surface area contributed by atoms with Gasteiger partial charge in [-0.25, -0.2) is 18.2 Å². The van der Waals surface area contributed by atoms with Crippen molar-refractivity contribution in [3.8, 4) is 0 Å². The van der Waals surface area contributed by atoms with Gasteiger partial charge in [-0.3, -0.25) is 14.4 Å². The fourth-order valence-corrected chi connectivity index (χ4v) is 3.22. The molecule has 2 heterocycles. The van der Waals surface area contributed by atoms with E-state index in [9.17, 15) is 27.6 Å². The van der Waals surface area contributed by atoms with Crippen molar-refractivity contribution < 1.29 is 22.8 Å². The molecule has 3 aromatic rings. The number of aromatic nitrogens is 2. The molecule has 0 bridgehead atoms. The molecule has 0 radical (unpaired) electrons. The summed E-state index contributed by atoms with van der Waals surface area (Å²) in [5.74, 6) is -6.28. The minimum atomic E-state index is -1.63. The van der Waals surface area contributed by atoms with Crippen LogP contribution in [0.1, 0.15) is 6.42 Å². The average Bonchev–Trinajstić information content (AvgIpc) is 3.08. The minimum absolute atomic E-state index is 0.120. The SMILES string of the molecule is O=C(Nc1ccc2nc[nH]c(=O)c2c1)[C@@H]1CC(=O)N(c2cc(F)c(F)c(F)c2)C1. The molecule has 0 unspecified atom stereocenters. The molecule has 4 rings (SSSR count). The number of hydrogen-bond donors (Lipinski definition) is 2. The summed E-state index contributed by atoms with van der Waals surface area (Å²) in [6, 6.07) is 6.00. The van der Waals surface area contributed by atoms with Crippen LogP contribution in [0.25, 0.3) is 10.9 Å².